The molecule has 1 heterocycles. The second-order valence-electron chi connectivity index (χ2n) is 7.45. The van der Waals surface area contributed by atoms with Gasteiger partial charge in [0.25, 0.3) is 11.8 Å². The van der Waals surface area contributed by atoms with Crippen LogP contribution < -0.4 is 24.4 Å². The third-order valence-corrected chi connectivity index (χ3v) is 5.40. The Hall–Kier alpha value is -4.26. The summed E-state index contributed by atoms with van der Waals surface area (Å²) in [5.41, 5.74) is 3.08. The van der Waals surface area contributed by atoms with Crippen LogP contribution >= 0.6 is 0 Å². The Morgan fingerprint density at radius 3 is 2.12 bits per heavy atom. The molecular formula is C26H24N2O5. The molecule has 1 N–H and O–H groups in total. The monoisotopic (exact) mass is 444 g/mol. The Labute approximate surface area is 192 Å². The summed E-state index contributed by atoms with van der Waals surface area (Å²) in [6, 6.07) is 19.5. The van der Waals surface area contributed by atoms with Crippen molar-refractivity contribution in [1.29, 1.82) is 0 Å². The Morgan fingerprint density at radius 1 is 0.758 bits per heavy atom. The summed E-state index contributed by atoms with van der Waals surface area (Å²) < 4.78 is 16.0. The molecule has 3 aromatic rings. The first-order chi connectivity index (χ1) is 16.0. The van der Waals surface area contributed by atoms with Crippen molar-refractivity contribution in [3.63, 3.8) is 0 Å². The van der Waals surface area contributed by atoms with Crippen LogP contribution in [0.1, 0.15) is 11.1 Å². The lowest BCUT2D eigenvalue weighted by Crippen LogP contribution is -2.32. The van der Waals surface area contributed by atoms with E-state index < -0.39 is 11.8 Å². The highest BCUT2D eigenvalue weighted by atomic mass is 16.5. The number of hydrogen-bond donors (Lipinski definition) is 1. The molecule has 2 amide bonds. The molecule has 3 aromatic carbocycles. The topological polar surface area (TPSA) is 77.1 Å². The van der Waals surface area contributed by atoms with Crippen molar-refractivity contribution in [2.75, 3.05) is 31.5 Å². The van der Waals surface area contributed by atoms with Crippen LogP contribution in [0.5, 0.6) is 17.2 Å². The third kappa shape index (κ3) is 4.13. The lowest BCUT2D eigenvalue weighted by Gasteiger charge is -2.17. The molecular weight excluding hydrogens is 420 g/mol. The standard InChI is InChI=1S/C26H24N2O5/c1-16-8-10-17(11-9-16)23-24(27-21-13-12-20(32-3)15-22(21)33-4)26(30)28(25(23)29)18-6-5-7-19(14-18)31-2/h5-15,27H,1-4H3. The smallest absolute Gasteiger partial charge is 0.282 e. The number of aryl methyl sites for hydroxylation is 1. The van der Waals surface area contributed by atoms with E-state index >= 15 is 0 Å². The van der Waals surface area contributed by atoms with Gasteiger partial charge in [-0.15, -0.1) is 0 Å². The molecule has 168 valence electrons. The van der Waals surface area contributed by atoms with Crippen molar-refractivity contribution in [3.05, 3.63) is 83.6 Å². The molecule has 1 aliphatic rings. The molecule has 0 saturated carbocycles. The Morgan fingerprint density at radius 2 is 1.45 bits per heavy atom. The summed E-state index contributed by atoms with van der Waals surface area (Å²) in [5.74, 6) is 0.735. The van der Waals surface area contributed by atoms with Crippen LogP contribution in [0.4, 0.5) is 11.4 Å². The van der Waals surface area contributed by atoms with Crippen molar-refractivity contribution in [2.24, 2.45) is 0 Å². The first-order valence-corrected chi connectivity index (χ1v) is 10.3. The van der Waals surface area contributed by atoms with Gasteiger partial charge in [0, 0.05) is 12.1 Å². The molecule has 0 saturated heterocycles. The number of methoxy groups -OCH3 is 3. The molecule has 4 rings (SSSR count). The van der Waals surface area contributed by atoms with E-state index in [-0.39, 0.29) is 11.3 Å². The number of benzene rings is 3. The predicted octanol–water partition coefficient (Wildman–Crippen LogP) is 4.42. The number of nitrogens with zero attached hydrogens (tertiary/aromatic N) is 1. The van der Waals surface area contributed by atoms with Gasteiger partial charge in [-0.05, 0) is 36.8 Å². The van der Waals surface area contributed by atoms with Gasteiger partial charge >= 0.3 is 0 Å². The zero-order valence-corrected chi connectivity index (χ0v) is 18.8. The second-order valence-corrected chi connectivity index (χ2v) is 7.45. The van der Waals surface area contributed by atoms with E-state index in [1.807, 2.05) is 31.2 Å². The van der Waals surface area contributed by atoms with Crippen LogP contribution in [-0.4, -0.2) is 33.1 Å². The molecule has 7 nitrogen and oxygen atoms in total. The van der Waals surface area contributed by atoms with Gasteiger partial charge in [0.15, 0.2) is 0 Å². The van der Waals surface area contributed by atoms with E-state index in [1.54, 1.807) is 49.6 Å². The first kappa shape index (κ1) is 22.0. The van der Waals surface area contributed by atoms with E-state index in [0.29, 0.717) is 34.2 Å². The molecule has 0 aromatic heterocycles. The second kappa shape index (κ2) is 9.08. The molecule has 0 atom stereocenters. The van der Waals surface area contributed by atoms with Gasteiger partial charge in [0.2, 0.25) is 0 Å². The Bertz CT molecular complexity index is 1250. The lowest BCUT2D eigenvalue weighted by atomic mass is 10.0. The highest BCUT2D eigenvalue weighted by Crippen LogP contribution is 2.37. The van der Waals surface area contributed by atoms with Crippen LogP contribution in [0.2, 0.25) is 0 Å². The predicted molar refractivity (Wildman–Crippen MR) is 127 cm³/mol. The minimum Gasteiger partial charge on any atom is -0.497 e. The molecule has 0 spiro atoms. The van der Waals surface area contributed by atoms with E-state index in [2.05, 4.69) is 5.32 Å². The summed E-state index contributed by atoms with van der Waals surface area (Å²) in [6.45, 7) is 1.96. The molecule has 33 heavy (non-hydrogen) atoms. The van der Waals surface area contributed by atoms with Crippen LogP contribution in [0.3, 0.4) is 0 Å². The van der Waals surface area contributed by atoms with E-state index in [0.717, 1.165) is 10.5 Å². The zero-order valence-electron chi connectivity index (χ0n) is 18.8. The van der Waals surface area contributed by atoms with Crippen molar-refractivity contribution in [3.8, 4) is 17.2 Å². The minimum absolute atomic E-state index is 0.162. The summed E-state index contributed by atoms with van der Waals surface area (Å²) in [4.78, 5) is 28.3. The summed E-state index contributed by atoms with van der Waals surface area (Å²) in [5, 5.41) is 3.14. The van der Waals surface area contributed by atoms with E-state index in [9.17, 15) is 9.59 Å². The fourth-order valence-corrected chi connectivity index (χ4v) is 3.65. The van der Waals surface area contributed by atoms with Crippen molar-refractivity contribution >= 4 is 28.8 Å². The fraction of sp³-hybridized carbons (Fsp3) is 0.154. The summed E-state index contributed by atoms with van der Waals surface area (Å²) in [7, 11) is 4.62. The van der Waals surface area contributed by atoms with Crippen molar-refractivity contribution in [2.45, 2.75) is 6.92 Å². The molecule has 1 aliphatic heterocycles. The number of anilines is 2. The van der Waals surface area contributed by atoms with Crippen molar-refractivity contribution in [1.82, 2.24) is 0 Å². The van der Waals surface area contributed by atoms with E-state index in [4.69, 9.17) is 14.2 Å². The number of imide groups is 1. The number of carbonyl (C=O) groups excluding carboxylic acids is 2. The van der Waals surface area contributed by atoms with Crippen LogP contribution in [0.25, 0.3) is 5.57 Å². The van der Waals surface area contributed by atoms with Gasteiger partial charge < -0.3 is 19.5 Å². The molecule has 0 fully saturated rings. The molecule has 0 radical (unpaired) electrons. The molecule has 0 bridgehead atoms. The highest BCUT2D eigenvalue weighted by Gasteiger charge is 2.40. The highest BCUT2D eigenvalue weighted by molar-refractivity contribution is 6.46. The van der Waals surface area contributed by atoms with Gasteiger partial charge in [-0.1, -0.05) is 35.9 Å². The molecule has 7 heteroatoms. The van der Waals surface area contributed by atoms with Gasteiger partial charge in [-0.3, -0.25) is 9.59 Å². The average molecular weight is 444 g/mol. The normalized spacial score (nSPS) is 13.4. The average Bonchev–Trinajstić information content (AvgIpc) is 3.09. The van der Waals surface area contributed by atoms with Crippen LogP contribution in [-0.2, 0) is 9.59 Å². The van der Waals surface area contributed by atoms with Gasteiger partial charge in [0.05, 0.1) is 38.3 Å². The number of ether oxygens (including phenoxy) is 3. The molecule has 0 aliphatic carbocycles. The third-order valence-electron chi connectivity index (χ3n) is 5.40. The first-order valence-electron chi connectivity index (χ1n) is 10.3. The summed E-state index contributed by atoms with van der Waals surface area (Å²) in [6.07, 6.45) is 0. The minimum atomic E-state index is -0.471. The zero-order chi connectivity index (χ0) is 23.5. The number of rotatable bonds is 7. The van der Waals surface area contributed by atoms with Gasteiger partial charge in [0.1, 0.15) is 22.9 Å². The van der Waals surface area contributed by atoms with Crippen LogP contribution in [0.15, 0.2) is 72.4 Å². The Kier molecular flexibility index (Phi) is 6.04. The quantitative estimate of drug-likeness (QED) is 0.544. The maximum absolute atomic E-state index is 13.6. The Balaban J connectivity index is 1.83. The summed E-state index contributed by atoms with van der Waals surface area (Å²) >= 11 is 0. The SMILES string of the molecule is COc1cccc(N2C(=O)C(Nc3ccc(OC)cc3OC)=C(c3ccc(C)cc3)C2=O)c1. The van der Waals surface area contributed by atoms with E-state index in [1.165, 1.54) is 14.2 Å². The fourth-order valence-electron chi connectivity index (χ4n) is 3.65. The molecule has 0 unspecified atom stereocenters. The maximum Gasteiger partial charge on any atom is 0.282 e. The van der Waals surface area contributed by atoms with Gasteiger partial charge in [-0.2, -0.15) is 0 Å². The number of amides is 2. The maximum atomic E-state index is 13.6. The lowest BCUT2D eigenvalue weighted by molar-refractivity contribution is -0.120. The van der Waals surface area contributed by atoms with Gasteiger partial charge in [-0.25, -0.2) is 4.90 Å². The van der Waals surface area contributed by atoms with Crippen molar-refractivity contribution < 1.29 is 23.8 Å². The number of carbonyl (C=O) groups is 2. The number of nitrogens with one attached hydrogen (secondary N) is 1. The number of hydrogen-bond acceptors (Lipinski definition) is 6. The largest absolute Gasteiger partial charge is 0.497 e. The van der Waals surface area contributed by atoms with Crippen LogP contribution in [0, 0.1) is 6.92 Å².